The summed E-state index contributed by atoms with van der Waals surface area (Å²) in [6.45, 7) is 6.21. The molecule has 10 radical (unpaired) electrons. The Morgan fingerprint density at radius 3 is 1.26 bits per heavy atom. The van der Waals surface area contributed by atoms with Crippen LogP contribution in [0.15, 0.2) is 30.3 Å². The first-order chi connectivity index (χ1) is 26.1. The van der Waals surface area contributed by atoms with Gasteiger partial charge in [-0.05, 0) is 63.4 Å². The van der Waals surface area contributed by atoms with Crippen molar-refractivity contribution >= 4 is 29.7 Å². The Hall–Kier alpha value is -3.66. The molecule has 1 aromatic carbocycles. The van der Waals surface area contributed by atoms with Crippen molar-refractivity contribution in [2.45, 2.75) is 31.0 Å². The van der Waals surface area contributed by atoms with Gasteiger partial charge in [-0.1, -0.05) is 30.3 Å². The maximum Gasteiger partial charge on any atom is 2.00 e. The zero-order chi connectivity index (χ0) is 42.8. The van der Waals surface area contributed by atoms with Crippen molar-refractivity contribution < 1.29 is 95.9 Å². The molecule has 2 aliphatic carbocycles. The number of halogens is 9. The summed E-state index contributed by atoms with van der Waals surface area (Å²) in [6, 6.07) is 9.22. The molecule has 23 heteroatoms. The normalized spacial score (nSPS) is 17.2. The first kappa shape index (κ1) is 55.4. The average molecular weight is 874 g/mol. The maximum absolute atomic E-state index is 13.5. The third-order valence-corrected chi connectivity index (χ3v) is 6.48. The van der Waals surface area contributed by atoms with Crippen LogP contribution >= 0.6 is 0 Å². The van der Waals surface area contributed by atoms with Crippen molar-refractivity contribution in [1.29, 1.82) is 0 Å². The van der Waals surface area contributed by atoms with Gasteiger partial charge in [0.25, 0.3) is 0 Å². The average Bonchev–Trinajstić information content (AvgIpc) is 3.87. The van der Waals surface area contributed by atoms with Crippen LogP contribution in [0.2, 0.25) is 0 Å². The monoisotopic (exact) mass is 873 g/mol. The molecule has 1 unspecified atom stereocenters. The quantitative estimate of drug-likeness (QED) is 0.170. The van der Waals surface area contributed by atoms with Gasteiger partial charge in [-0.15, -0.1) is 0 Å². The molecule has 7 N–H and O–H groups in total. The standard InChI is InChI=1S/C23H32N5O2.C5H5.3C2HF3O2.Fe/c29-22(20-8-4-5-9-20)27-21(18-19-6-2-1-3-7-19)23(30)28-16-14-25-12-10-24-11-13-26-15-17-28;1-2-4-5-3-1;3*3-2(4,5)1(6)7;/h1-9,21,24-26H,10-18H2,(H,27,29);1-5H;3*(H,6,7);/q;;;;;+2. The van der Waals surface area contributed by atoms with E-state index in [1.807, 2.05) is 80.2 Å². The molecule has 1 aromatic rings. The van der Waals surface area contributed by atoms with Gasteiger partial charge in [-0.25, -0.2) is 14.4 Å². The number of carboxylic acid groups (broad SMARTS) is 3. The number of alkyl halides is 9. The van der Waals surface area contributed by atoms with Crippen LogP contribution in [0.3, 0.4) is 0 Å². The minimum Gasteiger partial charge on any atom is -0.475 e. The van der Waals surface area contributed by atoms with Crippen molar-refractivity contribution in [2.24, 2.45) is 0 Å². The summed E-state index contributed by atoms with van der Waals surface area (Å²) < 4.78 is 95.2. The van der Waals surface area contributed by atoms with Crippen LogP contribution in [0.25, 0.3) is 0 Å². The van der Waals surface area contributed by atoms with Crippen LogP contribution < -0.4 is 21.3 Å². The fourth-order valence-corrected chi connectivity index (χ4v) is 3.85. The van der Waals surface area contributed by atoms with Gasteiger partial charge in [-0.2, -0.15) is 39.5 Å². The summed E-state index contributed by atoms with van der Waals surface area (Å²) in [4.78, 5) is 54.7. The second kappa shape index (κ2) is 29.5. The van der Waals surface area contributed by atoms with Crippen LogP contribution in [0.1, 0.15) is 5.56 Å². The molecule has 57 heavy (non-hydrogen) atoms. The van der Waals surface area contributed by atoms with Gasteiger partial charge in [0.2, 0.25) is 11.8 Å². The molecule has 1 atom stereocenters. The van der Waals surface area contributed by atoms with Crippen molar-refractivity contribution in [3.8, 4) is 0 Å². The van der Waals surface area contributed by atoms with Gasteiger partial charge >= 0.3 is 53.5 Å². The summed E-state index contributed by atoms with van der Waals surface area (Å²) in [6.07, 6.45) is 2.39. The molecule has 3 aliphatic rings. The van der Waals surface area contributed by atoms with E-state index in [1.54, 1.807) is 12.8 Å². The third kappa shape index (κ3) is 28.4. The Morgan fingerprint density at radius 2 is 0.930 bits per heavy atom. The molecule has 2 saturated carbocycles. The number of hydrogen-bond donors (Lipinski definition) is 7. The number of nitrogens with one attached hydrogen (secondary N) is 4. The summed E-state index contributed by atoms with van der Waals surface area (Å²) in [7, 11) is 0. The second-order valence-corrected chi connectivity index (χ2v) is 10.8. The molecule has 1 saturated heterocycles. The predicted octanol–water partition coefficient (Wildman–Crippen LogP) is 2.65. The van der Waals surface area contributed by atoms with Gasteiger partial charge in [0, 0.05) is 58.8 Å². The van der Waals surface area contributed by atoms with Crippen LogP contribution in [-0.2, 0) is 47.5 Å². The molecule has 0 spiro atoms. The van der Waals surface area contributed by atoms with Gasteiger partial charge in [-0.3, -0.25) is 9.59 Å². The first-order valence-corrected chi connectivity index (χ1v) is 16.1. The van der Waals surface area contributed by atoms with Crippen LogP contribution in [0.5, 0.6) is 0 Å². The Bertz CT molecular complexity index is 1220. The Labute approximate surface area is 334 Å². The number of nitrogens with zero attached hydrogens (tertiary/aromatic N) is 1. The first-order valence-electron chi connectivity index (χ1n) is 16.1. The largest absolute Gasteiger partial charge is 2.00 e. The molecule has 318 valence electrons. The van der Waals surface area contributed by atoms with E-state index < -0.39 is 42.5 Å². The number of aliphatic carboxylic acids is 3. The Morgan fingerprint density at radius 1 is 0.596 bits per heavy atom. The molecule has 4 rings (SSSR count). The minimum atomic E-state index is -5.08. The molecule has 1 heterocycles. The van der Waals surface area contributed by atoms with Gasteiger partial charge < -0.3 is 41.5 Å². The zero-order valence-corrected chi connectivity index (χ0v) is 30.7. The van der Waals surface area contributed by atoms with E-state index in [2.05, 4.69) is 21.3 Å². The van der Waals surface area contributed by atoms with E-state index >= 15 is 0 Å². The van der Waals surface area contributed by atoms with Crippen LogP contribution in [0, 0.1) is 63.7 Å². The Kier molecular flexibility index (Phi) is 28.7. The fourth-order valence-electron chi connectivity index (χ4n) is 3.85. The van der Waals surface area contributed by atoms with Crippen LogP contribution in [0.4, 0.5) is 39.5 Å². The molecule has 2 amide bonds. The fraction of sp³-hybridized carbons (Fsp3) is 0.382. The molecule has 13 nitrogen and oxygen atoms in total. The molecular formula is C34H40F9FeN5O8+2. The predicted molar refractivity (Wildman–Crippen MR) is 180 cm³/mol. The van der Waals surface area contributed by atoms with Crippen LogP contribution in [-0.4, -0.2) is 127 Å². The van der Waals surface area contributed by atoms with Gasteiger partial charge in [0.15, 0.2) is 0 Å². The van der Waals surface area contributed by atoms with Gasteiger partial charge in [0.1, 0.15) is 6.04 Å². The van der Waals surface area contributed by atoms with Gasteiger partial charge in [0.05, 0.1) is 5.92 Å². The molecule has 0 aromatic heterocycles. The summed E-state index contributed by atoms with van der Waals surface area (Å²) in [5.41, 5.74) is 1.02. The van der Waals surface area contributed by atoms with Crippen molar-refractivity contribution in [1.82, 2.24) is 26.2 Å². The number of carboxylic acids is 3. The molecular weight excluding hydrogens is 833 g/mol. The number of carbonyl (C=O) groups excluding carboxylic acids is 2. The summed E-state index contributed by atoms with van der Waals surface area (Å²) in [5.74, 6) is -7.96. The number of hydrogen-bond acceptors (Lipinski definition) is 8. The van der Waals surface area contributed by atoms with E-state index in [1.165, 1.54) is 0 Å². The minimum absolute atomic E-state index is 0. The zero-order valence-electron chi connectivity index (χ0n) is 29.6. The van der Waals surface area contributed by atoms with Crippen molar-refractivity contribution in [3.05, 3.63) is 99.6 Å². The van der Waals surface area contributed by atoms with E-state index in [9.17, 15) is 49.1 Å². The van der Waals surface area contributed by atoms with E-state index in [0.717, 1.165) is 44.8 Å². The number of rotatable bonds is 5. The number of carbonyl (C=O) groups is 5. The topological polar surface area (TPSA) is 197 Å². The summed E-state index contributed by atoms with van der Waals surface area (Å²) in [5, 5.41) is 34.5. The SMILES string of the molecule is O=C(NC(Cc1ccccc1)C(=O)N1CCNCCNCCNCC1)[C]1[CH][CH][CH][CH]1.O=C(O)C(F)(F)F.O=C(O)C(F)(F)F.O=C(O)C(F)(F)F.[CH]1[CH][CH][CH][CH]1.[Fe+2]. The summed E-state index contributed by atoms with van der Waals surface area (Å²) >= 11 is 0. The molecule has 3 fully saturated rings. The van der Waals surface area contributed by atoms with E-state index in [-0.39, 0.29) is 28.9 Å². The van der Waals surface area contributed by atoms with E-state index in [4.69, 9.17) is 29.7 Å². The number of amides is 2. The Balaban J connectivity index is 0. The second-order valence-electron chi connectivity index (χ2n) is 10.8. The third-order valence-electron chi connectivity index (χ3n) is 6.48. The van der Waals surface area contributed by atoms with E-state index in [0.29, 0.717) is 25.4 Å². The molecule has 0 bridgehead atoms. The molecule has 1 aliphatic heterocycles. The van der Waals surface area contributed by atoms with Crippen molar-refractivity contribution in [3.63, 3.8) is 0 Å². The maximum atomic E-state index is 13.5. The van der Waals surface area contributed by atoms with Crippen molar-refractivity contribution in [2.75, 3.05) is 52.4 Å². The smallest absolute Gasteiger partial charge is 0.475 e. The number of benzene rings is 1.